The van der Waals surface area contributed by atoms with E-state index in [1.165, 1.54) is 0 Å². The lowest BCUT2D eigenvalue weighted by molar-refractivity contribution is -0.141. The van der Waals surface area contributed by atoms with E-state index in [1.54, 1.807) is 0 Å². The Hall–Kier alpha value is -2.77. The first-order valence-corrected chi connectivity index (χ1v) is 8.62. The summed E-state index contributed by atoms with van der Waals surface area (Å²) >= 11 is 0. The molecule has 13 nitrogen and oxygen atoms in total. The van der Waals surface area contributed by atoms with Crippen molar-refractivity contribution in [1.82, 2.24) is 0 Å². The number of hydrogen-bond donors (Lipinski definition) is 8. The Bertz CT molecular complexity index is 508. The highest BCUT2D eigenvalue weighted by molar-refractivity contribution is 5.77. The SMILES string of the molecule is CC[C@H](C)[C@H](N)C(=O)O.NC(=O)CC[C@H](N)C(=O)O.N[C@@H](CCC(=O)O)C(=O)O. The summed E-state index contributed by atoms with van der Waals surface area (Å²) in [4.78, 5) is 50.2. The maximum Gasteiger partial charge on any atom is 0.320 e. The molecule has 0 aliphatic carbocycles. The average Bonchev–Trinajstić information content (AvgIpc) is 2.63. The molecule has 12 N–H and O–H groups in total. The van der Waals surface area contributed by atoms with Gasteiger partial charge in [0.05, 0.1) is 0 Å². The smallest absolute Gasteiger partial charge is 0.320 e. The predicted octanol–water partition coefficient (Wildman–Crippen LogP) is -1.63. The van der Waals surface area contributed by atoms with E-state index >= 15 is 0 Å². The van der Waals surface area contributed by atoms with Crippen LogP contribution in [0.25, 0.3) is 0 Å². The summed E-state index contributed by atoms with van der Waals surface area (Å²) < 4.78 is 0. The molecule has 13 heteroatoms. The molecule has 0 bridgehead atoms. The van der Waals surface area contributed by atoms with Gasteiger partial charge in [0.1, 0.15) is 18.1 Å². The topological polar surface area (TPSA) is 270 Å². The largest absolute Gasteiger partial charge is 0.481 e. The molecule has 0 rings (SSSR count). The van der Waals surface area contributed by atoms with Gasteiger partial charge in [-0.3, -0.25) is 24.0 Å². The number of rotatable bonds is 11. The van der Waals surface area contributed by atoms with Gasteiger partial charge in [0.15, 0.2) is 0 Å². The second kappa shape index (κ2) is 17.3. The molecule has 0 unspecified atom stereocenters. The van der Waals surface area contributed by atoms with Gasteiger partial charge in [-0.1, -0.05) is 20.3 Å². The average molecular weight is 424 g/mol. The number of primary amides is 1. The fourth-order valence-corrected chi connectivity index (χ4v) is 1.32. The molecular weight excluding hydrogens is 392 g/mol. The number of carboxylic acid groups (broad SMARTS) is 4. The van der Waals surface area contributed by atoms with Gasteiger partial charge < -0.3 is 43.4 Å². The molecule has 0 radical (unpaired) electrons. The Labute approximate surface area is 168 Å². The van der Waals surface area contributed by atoms with Crippen molar-refractivity contribution in [2.75, 3.05) is 0 Å². The van der Waals surface area contributed by atoms with Gasteiger partial charge in [0.25, 0.3) is 0 Å². The minimum absolute atomic E-state index is 0.0213. The standard InChI is InChI=1S/C6H13NO2.C5H10N2O3.C5H9NO4/c1-3-4(2)5(7)6(8)9;2*6-3(5(9)10)1-2-4(7)8/h4-5H,3,7H2,1-2H3,(H,8,9);3H,1-2,6H2,(H2,7,8)(H,9,10);3H,1-2,6H2,(H,7,8)(H,9,10)/t4-,5-;2*3-/m000/s1. The van der Waals surface area contributed by atoms with Crippen molar-refractivity contribution >= 4 is 29.8 Å². The minimum Gasteiger partial charge on any atom is -0.481 e. The quantitative estimate of drug-likeness (QED) is 0.186. The highest BCUT2D eigenvalue weighted by Gasteiger charge is 2.17. The molecule has 0 aliphatic heterocycles. The van der Waals surface area contributed by atoms with Crippen LogP contribution >= 0.6 is 0 Å². The Balaban J connectivity index is -0.000000350. The predicted molar refractivity (Wildman–Crippen MR) is 102 cm³/mol. The van der Waals surface area contributed by atoms with E-state index in [0.717, 1.165) is 6.42 Å². The zero-order chi connectivity index (χ0) is 23.7. The highest BCUT2D eigenvalue weighted by atomic mass is 16.4. The lowest BCUT2D eigenvalue weighted by atomic mass is 10.0. The van der Waals surface area contributed by atoms with Crippen molar-refractivity contribution in [1.29, 1.82) is 0 Å². The summed E-state index contributed by atoms with van der Waals surface area (Å²) in [5.74, 6) is -4.68. The molecule has 0 spiro atoms. The lowest BCUT2D eigenvalue weighted by Crippen LogP contribution is -2.36. The monoisotopic (exact) mass is 424 g/mol. The van der Waals surface area contributed by atoms with E-state index in [2.05, 4.69) is 0 Å². The van der Waals surface area contributed by atoms with Crippen molar-refractivity contribution in [3.8, 4) is 0 Å². The fraction of sp³-hybridized carbons (Fsp3) is 0.688. The van der Waals surface area contributed by atoms with Crippen LogP contribution in [0.1, 0.15) is 46.0 Å². The number of carboxylic acids is 4. The normalized spacial score (nSPS) is 13.8. The molecule has 4 atom stereocenters. The molecule has 0 aromatic carbocycles. The molecule has 0 saturated heterocycles. The van der Waals surface area contributed by atoms with Crippen molar-refractivity contribution < 1.29 is 44.4 Å². The molecule has 0 aromatic heterocycles. The van der Waals surface area contributed by atoms with Crippen LogP contribution in [0.2, 0.25) is 0 Å². The van der Waals surface area contributed by atoms with Gasteiger partial charge in [0.2, 0.25) is 5.91 Å². The highest BCUT2D eigenvalue weighted by Crippen LogP contribution is 2.04. The Morgan fingerprint density at radius 1 is 0.759 bits per heavy atom. The molecule has 29 heavy (non-hydrogen) atoms. The van der Waals surface area contributed by atoms with Crippen LogP contribution in [0.5, 0.6) is 0 Å². The third-order valence-corrected chi connectivity index (χ3v) is 3.55. The van der Waals surface area contributed by atoms with Gasteiger partial charge in [-0.15, -0.1) is 0 Å². The third-order valence-electron chi connectivity index (χ3n) is 3.55. The summed E-state index contributed by atoms with van der Waals surface area (Å²) in [5.41, 5.74) is 20.1. The number of amides is 1. The van der Waals surface area contributed by atoms with Crippen molar-refractivity contribution in [3.05, 3.63) is 0 Å². The fourth-order valence-electron chi connectivity index (χ4n) is 1.32. The first-order valence-electron chi connectivity index (χ1n) is 8.62. The second-order valence-corrected chi connectivity index (χ2v) is 6.08. The van der Waals surface area contributed by atoms with Crippen LogP contribution in [0, 0.1) is 5.92 Å². The van der Waals surface area contributed by atoms with Gasteiger partial charge >= 0.3 is 23.9 Å². The van der Waals surface area contributed by atoms with Crippen LogP contribution < -0.4 is 22.9 Å². The van der Waals surface area contributed by atoms with E-state index in [-0.39, 0.29) is 31.6 Å². The van der Waals surface area contributed by atoms with Crippen LogP contribution in [-0.4, -0.2) is 68.3 Å². The number of nitrogens with two attached hydrogens (primary N) is 4. The number of carbonyl (C=O) groups is 5. The number of carbonyl (C=O) groups excluding carboxylic acids is 1. The van der Waals surface area contributed by atoms with E-state index in [4.69, 9.17) is 43.4 Å². The van der Waals surface area contributed by atoms with Crippen molar-refractivity contribution in [2.24, 2.45) is 28.9 Å². The third kappa shape index (κ3) is 21.4. The minimum atomic E-state index is -1.17. The van der Waals surface area contributed by atoms with Crippen LogP contribution in [0.3, 0.4) is 0 Å². The second-order valence-electron chi connectivity index (χ2n) is 6.08. The molecule has 0 aliphatic rings. The van der Waals surface area contributed by atoms with E-state index in [0.29, 0.717) is 0 Å². The lowest BCUT2D eigenvalue weighted by Gasteiger charge is -2.11. The molecule has 0 aromatic rings. The first-order chi connectivity index (χ1) is 13.2. The maximum absolute atomic E-state index is 10.2. The molecule has 1 amide bonds. The Kier molecular flexibility index (Phi) is 18.5. The molecule has 170 valence electrons. The van der Waals surface area contributed by atoms with Crippen LogP contribution in [0.15, 0.2) is 0 Å². The van der Waals surface area contributed by atoms with Gasteiger partial charge in [-0.25, -0.2) is 0 Å². The number of aliphatic carboxylic acids is 4. The molecule has 0 saturated carbocycles. The van der Waals surface area contributed by atoms with E-state index in [9.17, 15) is 24.0 Å². The zero-order valence-corrected chi connectivity index (χ0v) is 16.5. The first kappa shape index (κ1) is 30.9. The number of hydrogen-bond acceptors (Lipinski definition) is 8. The van der Waals surface area contributed by atoms with Gasteiger partial charge in [-0.2, -0.15) is 0 Å². The van der Waals surface area contributed by atoms with Gasteiger partial charge in [0, 0.05) is 12.8 Å². The molecule has 0 fully saturated rings. The zero-order valence-electron chi connectivity index (χ0n) is 16.5. The van der Waals surface area contributed by atoms with Crippen molar-refractivity contribution in [2.45, 2.75) is 64.1 Å². The van der Waals surface area contributed by atoms with Crippen LogP contribution in [-0.2, 0) is 24.0 Å². The van der Waals surface area contributed by atoms with Crippen molar-refractivity contribution in [3.63, 3.8) is 0 Å². The van der Waals surface area contributed by atoms with E-state index < -0.39 is 47.9 Å². The van der Waals surface area contributed by atoms with Crippen LogP contribution in [0.4, 0.5) is 0 Å². The molecule has 0 heterocycles. The molecular formula is C16H32N4O9. The Morgan fingerprint density at radius 3 is 1.34 bits per heavy atom. The Morgan fingerprint density at radius 2 is 1.14 bits per heavy atom. The summed E-state index contributed by atoms with van der Waals surface area (Å²) in [6.45, 7) is 3.76. The summed E-state index contributed by atoms with van der Waals surface area (Å²) in [5, 5.41) is 32.8. The summed E-state index contributed by atoms with van der Waals surface area (Å²) in [6, 6.07) is -2.74. The van der Waals surface area contributed by atoms with Gasteiger partial charge in [-0.05, 0) is 18.8 Å². The van der Waals surface area contributed by atoms with E-state index in [1.807, 2.05) is 13.8 Å². The maximum atomic E-state index is 10.2. The summed E-state index contributed by atoms with van der Waals surface area (Å²) in [6.07, 6.45) is 0.712. The summed E-state index contributed by atoms with van der Waals surface area (Å²) in [7, 11) is 0.